The fourth-order valence-corrected chi connectivity index (χ4v) is 1.80. The second kappa shape index (κ2) is 5.32. The van der Waals surface area contributed by atoms with Gasteiger partial charge in [0.25, 0.3) is 0 Å². The topological polar surface area (TPSA) is 27.7 Å². The van der Waals surface area contributed by atoms with Gasteiger partial charge < -0.3 is 14.2 Å². The molecule has 1 unspecified atom stereocenters. The lowest BCUT2D eigenvalue weighted by Crippen LogP contribution is -2.10. The van der Waals surface area contributed by atoms with Crippen LogP contribution in [-0.2, 0) is 16.1 Å². The summed E-state index contributed by atoms with van der Waals surface area (Å²) in [6.45, 7) is 3.56. The van der Waals surface area contributed by atoms with Gasteiger partial charge in [-0.2, -0.15) is 0 Å². The average Bonchev–Trinajstić information content (AvgIpc) is 2.73. The summed E-state index contributed by atoms with van der Waals surface area (Å²) >= 11 is 0. The van der Waals surface area contributed by atoms with Crippen LogP contribution < -0.4 is 4.74 Å². The minimum atomic E-state index is -0.0406. The van der Waals surface area contributed by atoms with E-state index in [-0.39, 0.29) is 6.29 Å². The largest absolute Gasteiger partial charge is 0.497 e. The maximum Gasteiger partial charge on any atom is 0.158 e. The van der Waals surface area contributed by atoms with Crippen molar-refractivity contribution >= 4 is 0 Å². The first kappa shape index (κ1) is 11.4. The highest BCUT2D eigenvalue weighted by molar-refractivity contribution is 5.27. The molecule has 2 rings (SSSR count). The van der Waals surface area contributed by atoms with Gasteiger partial charge >= 0.3 is 0 Å². The molecule has 1 aliphatic rings. The zero-order valence-electron chi connectivity index (χ0n) is 9.81. The van der Waals surface area contributed by atoms with Crippen LogP contribution in [0.5, 0.6) is 5.75 Å². The molecule has 1 saturated heterocycles. The van der Waals surface area contributed by atoms with Gasteiger partial charge in [-0.25, -0.2) is 0 Å². The fourth-order valence-electron chi connectivity index (χ4n) is 1.80. The monoisotopic (exact) mass is 222 g/mol. The van der Waals surface area contributed by atoms with E-state index in [9.17, 15) is 0 Å². The van der Waals surface area contributed by atoms with Crippen LogP contribution in [0.2, 0.25) is 0 Å². The van der Waals surface area contributed by atoms with E-state index in [1.807, 2.05) is 24.3 Å². The van der Waals surface area contributed by atoms with E-state index in [2.05, 4.69) is 6.92 Å². The van der Waals surface area contributed by atoms with Crippen LogP contribution >= 0.6 is 0 Å². The highest BCUT2D eigenvalue weighted by atomic mass is 16.7. The third kappa shape index (κ3) is 2.97. The molecule has 0 radical (unpaired) electrons. The van der Waals surface area contributed by atoms with E-state index in [4.69, 9.17) is 14.2 Å². The summed E-state index contributed by atoms with van der Waals surface area (Å²) in [4.78, 5) is 0. The molecule has 0 N–H and O–H groups in total. The normalized spacial score (nSPS) is 24.6. The number of rotatable bonds is 4. The van der Waals surface area contributed by atoms with Gasteiger partial charge in [0.1, 0.15) is 5.75 Å². The lowest BCUT2D eigenvalue weighted by Gasteiger charge is -2.11. The van der Waals surface area contributed by atoms with E-state index in [0.29, 0.717) is 12.5 Å². The van der Waals surface area contributed by atoms with Gasteiger partial charge in [0.2, 0.25) is 0 Å². The Morgan fingerprint density at radius 3 is 3.00 bits per heavy atom. The summed E-state index contributed by atoms with van der Waals surface area (Å²) in [6, 6.07) is 7.91. The molecular weight excluding hydrogens is 204 g/mol. The van der Waals surface area contributed by atoms with Gasteiger partial charge in [0, 0.05) is 6.42 Å². The summed E-state index contributed by atoms with van der Waals surface area (Å²) < 4.78 is 16.3. The molecule has 1 aromatic rings. The molecule has 16 heavy (non-hydrogen) atoms. The Bertz CT molecular complexity index is 338. The molecule has 0 aromatic heterocycles. The number of benzene rings is 1. The predicted octanol–water partition coefficient (Wildman–Crippen LogP) is 2.59. The van der Waals surface area contributed by atoms with Crippen molar-refractivity contribution in [3.63, 3.8) is 0 Å². The van der Waals surface area contributed by atoms with Crippen molar-refractivity contribution in [2.45, 2.75) is 26.2 Å². The molecule has 1 heterocycles. The maximum absolute atomic E-state index is 5.68. The lowest BCUT2D eigenvalue weighted by atomic mass is 10.1. The van der Waals surface area contributed by atoms with E-state index < -0.39 is 0 Å². The molecule has 0 bridgehead atoms. The first-order chi connectivity index (χ1) is 7.78. The van der Waals surface area contributed by atoms with Crippen LogP contribution in [0.4, 0.5) is 0 Å². The number of hydrogen-bond donors (Lipinski definition) is 0. The van der Waals surface area contributed by atoms with Crippen molar-refractivity contribution in [3.05, 3.63) is 29.8 Å². The quantitative estimate of drug-likeness (QED) is 0.783. The molecule has 0 saturated carbocycles. The van der Waals surface area contributed by atoms with Crippen LogP contribution in [0, 0.1) is 5.92 Å². The van der Waals surface area contributed by atoms with Gasteiger partial charge in [0.15, 0.2) is 6.29 Å². The molecule has 1 fully saturated rings. The second-order valence-electron chi connectivity index (χ2n) is 4.27. The molecule has 3 heteroatoms. The Hall–Kier alpha value is -1.06. The lowest BCUT2D eigenvalue weighted by molar-refractivity contribution is -0.118. The highest BCUT2D eigenvalue weighted by Gasteiger charge is 2.22. The fraction of sp³-hybridized carbons (Fsp3) is 0.538. The third-order valence-electron chi connectivity index (χ3n) is 2.73. The molecule has 0 aliphatic carbocycles. The van der Waals surface area contributed by atoms with Gasteiger partial charge in [-0.1, -0.05) is 19.1 Å². The Morgan fingerprint density at radius 2 is 2.31 bits per heavy atom. The zero-order chi connectivity index (χ0) is 11.4. The summed E-state index contributed by atoms with van der Waals surface area (Å²) in [5, 5.41) is 0. The van der Waals surface area contributed by atoms with Crippen LogP contribution in [0.3, 0.4) is 0 Å². The van der Waals surface area contributed by atoms with Crippen LogP contribution in [0.1, 0.15) is 18.9 Å². The van der Waals surface area contributed by atoms with Crippen molar-refractivity contribution in [2.75, 3.05) is 13.7 Å². The minimum Gasteiger partial charge on any atom is -0.497 e. The molecular formula is C13H18O3. The Balaban J connectivity index is 1.84. The molecule has 3 nitrogen and oxygen atoms in total. The average molecular weight is 222 g/mol. The highest BCUT2D eigenvalue weighted by Crippen LogP contribution is 2.21. The Morgan fingerprint density at radius 1 is 1.44 bits per heavy atom. The SMILES string of the molecule is COc1cccc(COC2C[C@@H](C)CO2)c1. The first-order valence-electron chi connectivity index (χ1n) is 5.64. The minimum absolute atomic E-state index is 0.0406. The van der Waals surface area contributed by atoms with Gasteiger partial charge in [-0.3, -0.25) is 0 Å². The van der Waals surface area contributed by atoms with Crippen LogP contribution in [0.25, 0.3) is 0 Å². The van der Waals surface area contributed by atoms with Gasteiger partial charge in [0.05, 0.1) is 20.3 Å². The molecule has 2 atom stereocenters. The van der Waals surface area contributed by atoms with E-state index >= 15 is 0 Å². The van der Waals surface area contributed by atoms with Crippen molar-refractivity contribution < 1.29 is 14.2 Å². The third-order valence-corrected chi connectivity index (χ3v) is 2.73. The van der Waals surface area contributed by atoms with Crippen LogP contribution in [0.15, 0.2) is 24.3 Å². The number of methoxy groups -OCH3 is 1. The van der Waals surface area contributed by atoms with Crippen molar-refractivity contribution in [3.8, 4) is 5.75 Å². The van der Waals surface area contributed by atoms with Crippen molar-refractivity contribution in [2.24, 2.45) is 5.92 Å². The van der Waals surface area contributed by atoms with Gasteiger partial charge in [-0.15, -0.1) is 0 Å². The van der Waals surface area contributed by atoms with Crippen molar-refractivity contribution in [1.29, 1.82) is 0 Å². The predicted molar refractivity (Wildman–Crippen MR) is 61.3 cm³/mol. The Labute approximate surface area is 96.3 Å². The van der Waals surface area contributed by atoms with Gasteiger partial charge in [-0.05, 0) is 23.6 Å². The maximum atomic E-state index is 5.68. The number of ether oxygens (including phenoxy) is 3. The molecule has 0 amide bonds. The molecule has 0 spiro atoms. The van der Waals surface area contributed by atoms with E-state index in [0.717, 1.165) is 24.3 Å². The summed E-state index contributed by atoms with van der Waals surface area (Å²) in [7, 11) is 1.67. The zero-order valence-corrected chi connectivity index (χ0v) is 9.81. The number of hydrogen-bond acceptors (Lipinski definition) is 3. The summed E-state index contributed by atoms with van der Waals surface area (Å²) in [5.74, 6) is 1.47. The standard InChI is InChI=1S/C13H18O3/c1-10-6-13(15-8-10)16-9-11-4-3-5-12(7-11)14-2/h3-5,7,10,13H,6,8-9H2,1-2H3/t10-,13?/m1/s1. The summed E-state index contributed by atoms with van der Waals surface area (Å²) in [5.41, 5.74) is 1.11. The second-order valence-corrected chi connectivity index (χ2v) is 4.27. The first-order valence-corrected chi connectivity index (χ1v) is 5.64. The van der Waals surface area contributed by atoms with E-state index in [1.165, 1.54) is 0 Å². The van der Waals surface area contributed by atoms with Crippen molar-refractivity contribution in [1.82, 2.24) is 0 Å². The Kier molecular flexibility index (Phi) is 3.80. The summed E-state index contributed by atoms with van der Waals surface area (Å²) in [6.07, 6.45) is 0.949. The molecule has 88 valence electrons. The van der Waals surface area contributed by atoms with E-state index in [1.54, 1.807) is 7.11 Å². The van der Waals surface area contributed by atoms with Crippen LogP contribution in [-0.4, -0.2) is 20.0 Å². The smallest absolute Gasteiger partial charge is 0.158 e. The molecule has 1 aromatic carbocycles. The molecule has 1 aliphatic heterocycles.